The first-order valence-electron chi connectivity index (χ1n) is 6.69. The highest BCUT2D eigenvalue weighted by atomic mass is 16.2. The summed E-state index contributed by atoms with van der Waals surface area (Å²) >= 11 is 0. The molecule has 0 N–H and O–H groups in total. The SMILES string of the molecule is CC(=Cc1ccccc1)C(=O)N1CCC(C)CC1. The van der Waals surface area contributed by atoms with Crippen LogP contribution in [0.1, 0.15) is 32.3 Å². The Labute approximate surface area is 109 Å². The average molecular weight is 243 g/mol. The van der Waals surface area contributed by atoms with Gasteiger partial charge in [-0.2, -0.15) is 0 Å². The van der Waals surface area contributed by atoms with Gasteiger partial charge in [-0.25, -0.2) is 0 Å². The van der Waals surface area contributed by atoms with Crippen LogP contribution in [0, 0.1) is 5.92 Å². The van der Waals surface area contributed by atoms with Gasteiger partial charge in [0.2, 0.25) is 5.91 Å². The second kappa shape index (κ2) is 5.85. The van der Waals surface area contributed by atoms with Gasteiger partial charge in [-0.05, 0) is 37.3 Å². The molecule has 0 spiro atoms. The quantitative estimate of drug-likeness (QED) is 0.729. The highest BCUT2D eigenvalue weighted by molar-refractivity contribution is 5.97. The first-order chi connectivity index (χ1) is 8.66. The van der Waals surface area contributed by atoms with Crippen molar-refractivity contribution in [3.63, 3.8) is 0 Å². The third kappa shape index (κ3) is 3.22. The fourth-order valence-corrected chi connectivity index (χ4v) is 2.32. The Morgan fingerprint density at radius 2 is 1.83 bits per heavy atom. The fraction of sp³-hybridized carbons (Fsp3) is 0.438. The van der Waals surface area contributed by atoms with Gasteiger partial charge >= 0.3 is 0 Å². The molecule has 96 valence electrons. The number of hydrogen-bond donors (Lipinski definition) is 0. The Morgan fingerprint density at radius 1 is 1.22 bits per heavy atom. The first-order valence-corrected chi connectivity index (χ1v) is 6.69. The summed E-state index contributed by atoms with van der Waals surface area (Å²) in [5, 5.41) is 0. The van der Waals surface area contributed by atoms with Gasteiger partial charge in [0.15, 0.2) is 0 Å². The molecule has 0 unspecified atom stereocenters. The van der Waals surface area contributed by atoms with E-state index >= 15 is 0 Å². The molecule has 1 aromatic rings. The third-order valence-corrected chi connectivity index (χ3v) is 3.59. The van der Waals surface area contributed by atoms with Crippen LogP contribution >= 0.6 is 0 Å². The lowest BCUT2D eigenvalue weighted by atomic mass is 9.98. The second-order valence-corrected chi connectivity index (χ2v) is 5.21. The Kier molecular flexibility index (Phi) is 4.19. The van der Waals surface area contributed by atoms with Gasteiger partial charge in [0.25, 0.3) is 0 Å². The molecule has 0 aromatic heterocycles. The van der Waals surface area contributed by atoms with Gasteiger partial charge < -0.3 is 4.90 Å². The van der Waals surface area contributed by atoms with Crippen LogP contribution in [0.5, 0.6) is 0 Å². The number of amides is 1. The zero-order chi connectivity index (χ0) is 13.0. The van der Waals surface area contributed by atoms with Crippen molar-refractivity contribution >= 4 is 12.0 Å². The lowest BCUT2D eigenvalue weighted by molar-refractivity contribution is -0.128. The van der Waals surface area contributed by atoms with E-state index in [9.17, 15) is 4.79 Å². The smallest absolute Gasteiger partial charge is 0.249 e. The Bertz CT molecular complexity index is 428. The molecule has 1 aliphatic heterocycles. The summed E-state index contributed by atoms with van der Waals surface area (Å²) in [6.07, 6.45) is 4.23. The minimum Gasteiger partial charge on any atom is -0.339 e. The normalized spacial score (nSPS) is 17.9. The van der Waals surface area contributed by atoms with Crippen molar-refractivity contribution in [3.8, 4) is 0 Å². The van der Waals surface area contributed by atoms with Gasteiger partial charge in [0.05, 0.1) is 0 Å². The molecular formula is C16H21NO. The summed E-state index contributed by atoms with van der Waals surface area (Å²) in [6.45, 7) is 5.97. The van der Waals surface area contributed by atoms with E-state index in [0.29, 0.717) is 0 Å². The first kappa shape index (κ1) is 12.9. The van der Waals surface area contributed by atoms with Crippen LogP contribution in [-0.2, 0) is 4.79 Å². The number of piperidine rings is 1. The van der Waals surface area contributed by atoms with Gasteiger partial charge in [-0.3, -0.25) is 4.79 Å². The van der Waals surface area contributed by atoms with Gasteiger partial charge in [0.1, 0.15) is 0 Å². The molecule has 0 radical (unpaired) electrons. The van der Waals surface area contributed by atoms with Crippen molar-refractivity contribution < 1.29 is 4.79 Å². The van der Waals surface area contributed by atoms with E-state index < -0.39 is 0 Å². The number of nitrogens with zero attached hydrogens (tertiary/aromatic N) is 1. The van der Waals surface area contributed by atoms with Crippen LogP contribution in [0.4, 0.5) is 0 Å². The topological polar surface area (TPSA) is 20.3 Å². The second-order valence-electron chi connectivity index (χ2n) is 5.21. The standard InChI is InChI=1S/C16H21NO/c1-13-8-10-17(11-9-13)16(18)14(2)12-15-6-4-3-5-7-15/h3-7,12-13H,8-11H2,1-2H3. The number of rotatable bonds is 2. The summed E-state index contributed by atoms with van der Waals surface area (Å²) in [7, 11) is 0. The maximum absolute atomic E-state index is 12.3. The van der Waals surface area contributed by atoms with Gasteiger partial charge in [-0.15, -0.1) is 0 Å². The number of likely N-dealkylation sites (tertiary alicyclic amines) is 1. The molecule has 2 heteroatoms. The Balaban J connectivity index is 2.03. The van der Waals surface area contributed by atoms with Crippen molar-refractivity contribution in [2.24, 2.45) is 5.92 Å². The van der Waals surface area contributed by atoms with E-state index in [-0.39, 0.29) is 5.91 Å². The maximum Gasteiger partial charge on any atom is 0.249 e. The van der Waals surface area contributed by atoms with E-state index in [4.69, 9.17) is 0 Å². The van der Waals surface area contributed by atoms with Crippen molar-refractivity contribution in [1.29, 1.82) is 0 Å². The molecule has 2 rings (SSSR count). The van der Waals surface area contributed by atoms with E-state index in [1.807, 2.05) is 48.2 Å². The zero-order valence-corrected chi connectivity index (χ0v) is 11.2. The minimum atomic E-state index is 0.186. The number of carbonyl (C=O) groups excluding carboxylic acids is 1. The molecule has 0 saturated carbocycles. The van der Waals surface area contributed by atoms with Gasteiger partial charge in [-0.1, -0.05) is 37.3 Å². The van der Waals surface area contributed by atoms with Crippen LogP contribution in [0.15, 0.2) is 35.9 Å². The van der Waals surface area contributed by atoms with Crippen LogP contribution in [0.25, 0.3) is 6.08 Å². The van der Waals surface area contributed by atoms with Crippen molar-refractivity contribution in [3.05, 3.63) is 41.5 Å². The average Bonchev–Trinajstić information content (AvgIpc) is 2.40. The molecule has 1 heterocycles. The molecule has 0 atom stereocenters. The van der Waals surface area contributed by atoms with Crippen LogP contribution in [-0.4, -0.2) is 23.9 Å². The van der Waals surface area contributed by atoms with E-state index in [1.165, 1.54) is 0 Å². The molecule has 0 aliphatic carbocycles. The van der Waals surface area contributed by atoms with Crippen LogP contribution in [0.2, 0.25) is 0 Å². The van der Waals surface area contributed by atoms with Crippen molar-refractivity contribution in [2.45, 2.75) is 26.7 Å². The molecule has 1 amide bonds. The molecule has 1 aromatic carbocycles. The highest BCUT2D eigenvalue weighted by Gasteiger charge is 2.20. The summed E-state index contributed by atoms with van der Waals surface area (Å²) in [4.78, 5) is 14.2. The van der Waals surface area contributed by atoms with Crippen molar-refractivity contribution in [2.75, 3.05) is 13.1 Å². The van der Waals surface area contributed by atoms with E-state index in [0.717, 1.165) is 43.0 Å². The largest absolute Gasteiger partial charge is 0.339 e. The van der Waals surface area contributed by atoms with Crippen LogP contribution in [0.3, 0.4) is 0 Å². The lowest BCUT2D eigenvalue weighted by Gasteiger charge is -2.30. The number of carbonyl (C=O) groups is 1. The third-order valence-electron chi connectivity index (χ3n) is 3.59. The highest BCUT2D eigenvalue weighted by Crippen LogP contribution is 2.18. The van der Waals surface area contributed by atoms with Gasteiger partial charge in [0, 0.05) is 18.7 Å². The Hall–Kier alpha value is -1.57. The summed E-state index contributed by atoms with van der Waals surface area (Å²) in [5.41, 5.74) is 1.92. The molecular weight excluding hydrogens is 222 g/mol. The molecule has 0 bridgehead atoms. The maximum atomic E-state index is 12.3. The molecule has 18 heavy (non-hydrogen) atoms. The minimum absolute atomic E-state index is 0.186. The molecule has 1 aliphatic rings. The molecule has 2 nitrogen and oxygen atoms in total. The summed E-state index contributed by atoms with van der Waals surface area (Å²) in [5.74, 6) is 0.943. The summed E-state index contributed by atoms with van der Waals surface area (Å²) < 4.78 is 0. The number of hydrogen-bond acceptors (Lipinski definition) is 1. The Morgan fingerprint density at radius 3 is 2.44 bits per heavy atom. The van der Waals surface area contributed by atoms with E-state index in [1.54, 1.807) is 0 Å². The summed E-state index contributed by atoms with van der Waals surface area (Å²) in [6, 6.07) is 10.0. The molecule has 1 saturated heterocycles. The van der Waals surface area contributed by atoms with Crippen LogP contribution < -0.4 is 0 Å². The predicted molar refractivity (Wildman–Crippen MR) is 75.1 cm³/mol. The number of benzene rings is 1. The lowest BCUT2D eigenvalue weighted by Crippen LogP contribution is -2.38. The zero-order valence-electron chi connectivity index (χ0n) is 11.2. The van der Waals surface area contributed by atoms with Crippen molar-refractivity contribution in [1.82, 2.24) is 4.90 Å². The fourth-order valence-electron chi connectivity index (χ4n) is 2.32. The van der Waals surface area contributed by atoms with E-state index in [2.05, 4.69) is 6.92 Å². The predicted octanol–water partition coefficient (Wildman–Crippen LogP) is 3.35. The monoisotopic (exact) mass is 243 g/mol. The molecule has 1 fully saturated rings.